The minimum absolute atomic E-state index is 0.105. The summed E-state index contributed by atoms with van der Waals surface area (Å²) in [5, 5.41) is 9.79. The Bertz CT molecular complexity index is 1120. The summed E-state index contributed by atoms with van der Waals surface area (Å²) in [7, 11) is 1.55. The van der Waals surface area contributed by atoms with Crippen molar-refractivity contribution < 1.29 is 23.1 Å². The fraction of sp³-hybridized carbons (Fsp3) is 0.480. The summed E-state index contributed by atoms with van der Waals surface area (Å²) in [6.45, 7) is 5.90. The molecular formula is C25H35N3O5S. The summed E-state index contributed by atoms with van der Waals surface area (Å²) in [5.41, 5.74) is 2.10. The van der Waals surface area contributed by atoms with Gasteiger partial charge in [-0.15, -0.1) is 0 Å². The van der Waals surface area contributed by atoms with E-state index in [4.69, 9.17) is 4.74 Å². The lowest BCUT2D eigenvalue weighted by Crippen LogP contribution is -2.50. The molecule has 1 aliphatic heterocycles. The average molecular weight is 490 g/mol. The van der Waals surface area contributed by atoms with Crippen LogP contribution in [0.15, 0.2) is 47.4 Å². The zero-order valence-electron chi connectivity index (χ0n) is 20.7. The lowest BCUT2D eigenvalue weighted by molar-refractivity contribution is 0.0388. The molecule has 0 fully saturated rings. The maximum Gasteiger partial charge on any atom is 0.258 e. The van der Waals surface area contributed by atoms with Crippen LogP contribution in [0.4, 0.5) is 5.69 Å². The predicted molar refractivity (Wildman–Crippen MR) is 133 cm³/mol. The number of hydrogen-bond donors (Lipinski definition) is 1. The number of ether oxygens (including phenoxy) is 1. The minimum atomic E-state index is -3.73. The molecule has 34 heavy (non-hydrogen) atoms. The van der Waals surface area contributed by atoms with Gasteiger partial charge in [-0.05, 0) is 38.1 Å². The second-order valence-corrected chi connectivity index (χ2v) is 11.3. The van der Waals surface area contributed by atoms with Crippen molar-refractivity contribution >= 4 is 21.6 Å². The minimum Gasteiger partial charge on any atom is -0.486 e. The number of benzene rings is 2. The van der Waals surface area contributed by atoms with Crippen LogP contribution in [0.3, 0.4) is 0 Å². The highest BCUT2D eigenvalue weighted by Crippen LogP contribution is 2.36. The quantitative estimate of drug-likeness (QED) is 0.643. The first-order valence-electron chi connectivity index (χ1n) is 11.4. The van der Waals surface area contributed by atoms with Gasteiger partial charge in [0.2, 0.25) is 10.0 Å². The van der Waals surface area contributed by atoms with E-state index in [-0.39, 0.29) is 29.9 Å². The summed E-state index contributed by atoms with van der Waals surface area (Å²) in [6.07, 6.45) is -0.522. The Morgan fingerprint density at radius 2 is 1.79 bits per heavy atom. The van der Waals surface area contributed by atoms with Gasteiger partial charge in [0.25, 0.3) is 5.91 Å². The van der Waals surface area contributed by atoms with Crippen molar-refractivity contribution in [3.63, 3.8) is 0 Å². The number of aliphatic hydroxyl groups excluding tert-OH is 1. The van der Waals surface area contributed by atoms with E-state index in [0.29, 0.717) is 17.9 Å². The molecule has 2 aromatic rings. The summed E-state index contributed by atoms with van der Waals surface area (Å²) in [4.78, 5) is 17.2. The molecule has 0 unspecified atom stereocenters. The van der Waals surface area contributed by atoms with E-state index in [1.165, 1.54) is 4.31 Å². The molecule has 3 rings (SSSR count). The summed E-state index contributed by atoms with van der Waals surface area (Å²) in [5.74, 6) is 0.00786. The number of sulfonamides is 1. The molecule has 0 spiro atoms. The molecule has 1 N–H and O–H groups in total. The molecule has 2 aromatic carbocycles. The van der Waals surface area contributed by atoms with Gasteiger partial charge in [0.05, 0.1) is 35.3 Å². The van der Waals surface area contributed by atoms with Crippen LogP contribution in [-0.2, 0) is 10.0 Å². The topological polar surface area (TPSA) is 90.4 Å². The normalized spacial score (nSPS) is 19.8. The van der Waals surface area contributed by atoms with E-state index >= 15 is 0 Å². The molecule has 1 heterocycles. The number of carbonyl (C=O) groups excluding carboxylic acids is 1. The number of anilines is 1. The SMILES string of the molecule is Cc1ccc(S(=O)(=O)N(C)C[C@H]2Oc3c(cccc3N(C)C)C(=O)N([C@H](C)CO)C[C@H]2C)cc1. The number of hydrogen-bond acceptors (Lipinski definition) is 6. The Kier molecular flexibility index (Phi) is 7.90. The van der Waals surface area contributed by atoms with Gasteiger partial charge < -0.3 is 19.6 Å². The van der Waals surface area contributed by atoms with Gasteiger partial charge in [-0.25, -0.2) is 8.42 Å². The van der Waals surface area contributed by atoms with Gasteiger partial charge in [-0.2, -0.15) is 4.31 Å². The van der Waals surface area contributed by atoms with Gasteiger partial charge in [-0.3, -0.25) is 4.79 Å². The standard InChI is InChI=1S/C25H35N3O5S/c1-17-10-12-20(13-11-17)34(31,32)27(6)15-23-18(2)14-28(19(3)16-29)25(30)21-8-7-9-22(26(4)5)24(21)33-23/h7-13,18-19,23,29H,14-16H2,1-6H3/t18-,19-,23-/m1/s1. The third-order valence-corrected chi connectivity index (χ3v) is 8.16. The molecule has 0 saturated carbocycles. The van der Waals surface area contributed by atoms with Crippen molar-refractivity contribution in [3.8, 4) is 5.75 Å². The van der Waals surface area contributed by atoms with Crippen LogP contribution in [0, 0.1) is 12.8 Å². The Hall–Kier alpha value is -2.62. The number of carbonyl (C=O) groups is 1. The van der Waals surface area contributed by atoms with Gasteiger partial charge >= 0.3 is 0 Å². The van der Waals surface area contributed by atoms with Crippen LogP contribution in [0.2, 0.25) is 0 Å². The van der Waals surface area contributed by atoms with E-state index in [1.54, 1.807) is 55.3 Å². The monoisotopic (exact) mass is 489 g/mol. The number of amides is 1. The molecule has 0 aliphatic carbocycles. The highest BCUT2D eigenvalue weighted by atomic mass is 32.2. The summed E-state index contributed by atoms with van der Waals surface area (Å²) < 4.78 is 34.2. The zero-order valence-corrected chi connectivity index (χ0v) is 21.5. The van der Waals surface area contributed by atoms with Crippen molar-refractivity contribution in [2.75, 3.05) is 45.7 Å². The van der Waals surface area contributed by atoms with E-state index in [9.17, 15) is 18.3 Å². The van der Waals surface area contributed by atoms with Crippen molar-refractivity contribution in [3.05, 3.63) is 53.6 Å². The first-order chi connectivity index (χ1) is 16.0. The van der Waals surface area contributed by atoms with Gasteiger partial charge in [0, 0.05) is 33.6 Å². The molecule has 0 radical (unpaired) electrons. The summed E-state index contributed by atoms with van der Waals surface area (Å²) in [6, 6.07) is 11.7. The van der Waals surface area contributed by atoms with Crippen LogP contribution in [0.1, 0.15) is 29.8 Å². The number of aliphatic hydroxyl groups is 1. The number of rotatable bonds is 7. The smallest absolute Gasteiger partial charge is 0.258 e. The maximum atomic E-state index is 13.4. The Balaban J connectivity index is 2.01. The van der Waals surface area contributed by atoms with Crippen molar-refractivity contribution in [1.29, 1.82) is 0 Å². The number of likely N-dealkylation sites (N-methyl/N-ethyl adjacent to an activating group) is 1. The third-order valence-electron chi connectivity index (χ3n) is 6.32. The lowest BCUT2D eigenvalue weighted by atomic mass is 9.99. The van der Waals surface area contributed by atoms with Crippen LogP contribution in [0.5, 0.6) is 5.75 Å². The van der Waals surface area contributed by atoms with Gasteiger partial charge in [-0.1, -0.05) is 30.7 Å². The number of aryl methyl sites for hydroxylation is 1. The fourth-order valence-electron chi connectivity index (χ4n) is 4.04. The van der Waals surface area contributed by atoms with E-state index in [2.05, 4.69) is 0 Å². The van der Waals surface area contributed by atoms with E-state index in [1.807, 2.05) is 38.9 Å². The molecule has 0 bridgehead atoms. The number of fused-ring (bicyclic) bond motifs is 1. The zero-order chi connectivity index (χ0) is 25.2. The second kappa shape index (κ2) is 10.3. The molecule has 1 amide bonds. The molecule has 186 valence electrons. The van der Waals surface area contributed by atoms with E-state index in [0.717, 1.165) is 11.3 Å². The van der Waals surface area contributed by atoms with Crippen LogP contribution in [0.25, 0.3) is 0 Å². The Labute approximate surface area is 202 Å². The first-order valence-corrected chi connectivity index (χ1v) is 12.8. The largest absolute Gasteiger partial charge is 0.486 e. The van der Waals surface area contributed by atoms with E-state index < -0.39 is 22.2 Å². The fourth-order valence-corrected chi connectivity index (χ4v) is 5.22. The maximum absolute atomic E-state index is 13.4. The van der Waals surface area contributed by atoms with Crippen LogP contribution >= 0.6 is 0 Å². The Morgan fingerprint density at radius 3 is 2.38 bits per heavy atom. The van der Waals surface area contributed by atoms with Crippen LogP contribution < -0.4 is 9.64 Å². The molecule has 1 aliphatic rings. The molecule has 0 aromatic heterocycles. The van der Waals surface area contributed by atoms with Crippen LogP contribution in [-0.4, -0.2) is 81.6 Å². The summed E-state index contributed by atoms with van der Waals surface area (Å²) >= 11 is 0. The molecule has 8 nitrogen and oxygen atoms in total. The van der Waals surface area contributed by atoms with Gasteiger partial charge in [0.15, 0.2) is 5.75 Å². The first kappa shape index (κ1) is 26.0. The van der Waals surface area contributed by atoms with Gasteiger partial charge in [0.1, 0.15) is 6.10 Å². The third kappa shape index (κ3) is 5.21. The average Bonchev–Trinajstić information content (AvgIpc) is 2.80. The number of nitrogens with zero attached hydrogens (tertiary/aromatic N) is 3. The molecule has 0 saturated heterocycles. The molecular weight excluding hydrogens is 454 g/mol. The highest BCUT2D eigenvalue weighted by molar-refractivity contribution is 7.89. The highest BCUT2D eigenvalue weighted by Gasteiger charge is 2.36. The molecule has 3 atom stereocenters. The lowest BCUT2D eigenvalue weighted by Gasteiger charge is -2.38. The van der Waals surface area contributed by atoms with Crippen molar-refractivity contribution in [2.45, 2.75) is 37.8 Å². The Morgan fingerprint density at radius 1 is 1.15 bits per heavy atom. The second-order valence-electron chi connectivity index (χ2n) is 9.27. The molecule has 9 heteroatoms. The predicted octanol–water partition coefficient (Wildman–Crippen LogP) is 2.60. The number of para-hydroxylation sites is 1. The van der Waals surface area contributed by atoms with Crippen molar-refractivity contribution in [2.24, 2.45) is 5.92 Å². The van der Waals surface area contributed by atoms with Crippen molar-refractivity contribution in [1.82, 2.24) is 9.21 Å².